The van der Waals surface area contributed by atoms with Crippen LogP contribution in [0.4, 0.5) is 5.82 Å². The summed E-state index contributed by atoms with van der Waals surface area (Å²) in [5.41, 5.74) is 1.58. The number of carbonyl (C=O) groups excluding carboxylic acids is 1. The van der Waals surface area contributed by atoms with Crippen LogP contribution in [0.25, 0.3) is 0 Å². The van der Waals surface area contributed by atoms with Gasteiger partial charge in [0.1, 0.15) is 0 Å². The number of amides is 1. The van der Waals surface area contributed by atoms with Crippen LogP contribution in [0.1, 0.15) is 15.9 Å². The Labute approximate surface area is 118 Å². The first kappa shape index (κ1) is 13.0. The second-order valence-corrected chi connectivity index (χ2v) is 4.83. The minimum absolute atomic E-state index is 0.164. The standard InChI is InChI=1S/C12H9BrClN3O/c1-7-2-3-8(6-9(7)13)12(18)17-11-10(14)15-4-5-16-11/h2-6H,1H3,(H,16,17,18). The fourth-order valence-corrected chi connectivity index (χ4v) is 1.85. The third-order valence-corrected chi connectivity index (χ3v) is 3.45. The van der Waals surface area contributed by atoms with Gasteiger partial charge in [-0.2, -0.15) is 0 Å². The maximum atomic E-state index is 12.0. The van der Waals surface area contributed by atoms with E-state index in [0.717, 1.165) is 10.0 Å². The number of aryl methyl sites for hydroxylation is 1. The molecular weight excluding hydrogens is 318 g/mol. The average molecular weight is 327 g/mol. The molecule has 0 atom stereocenters. The molecule has 0 aliphatic carbocycles. The van der Waals surface area contributed by atoms with Crippen molar-refractivity contribution in [3.63, 3.8) is 0 Å². The monoisotopic (exact) mass is 325 g/mol. The zero-order chi connectivity index (χ0) is 13.1. The molecule has 0 aliphatic rings. The predicted octanol–water partition coefficient (Wildman–Crippen LogP) is 3.45. The number of anilines is 1. The minimum atomic E-state index is -0.280. The molecule has 0 unspecified atom stereocenters. The second kappa shape index (κ2) is 5.46. The smallest absolute Gasteiger partial charge is 0.256 e. The molecule has 0 saturated heterocycles. The normalized spacial score (nSPS) is 10.2. The van der Waals surface area contributed by atoms with Crippen molar-refractivity contribution in [2.75, 3.05) is 5.32 Å². The van der Waals surface area contributed by atoms with Gasteiger partial charge in [0.05, 0.1) is 0 Å². The lowest BCUT2D eigenvalue weighted by molar-refractivity contribution is 0.102. The third kappa shape index (κ3) is 2.86. The van der Waals surface area contributed by atoms with Gasteiger partial charge in [-0.3, -0.25) is 4.79 Å². The van der Waals surface area contributed by atoms with Gasteiger partial charge < -0.3 is 5.32 Å². The molecule has 0 radical (unpaired) electrons. The fourth-order valence-electron chi connectivity index (χ4n) is 1.32. The maximum Gasteiger partial charge on any atom is 0.256 e. The van der Waals surface area contributed by atoms with E-state index in [9.17, 15) is 4.79 Å². The number of nitrogens with one attached hydrogen (secondary N) is 1. The Kier molecular flexibility index (Phi) is 3.93. The summed E-state index contributed by atoms with van der Waals surface area (Å²) in [6.45, 7) is 1.95. The van der Waals surface area contributed by atoms with Gasteiger partial charge >= 0.3 is 0 Å². The number of benzene rings is 1. The van der Waals surface area contributed by atoms with Gasteiger partial charge in [-0.15, -0.1) is 0 Å². The number of aromatic nitrogens is 2. The van der Waals surface area contributed by atoms with E-state index in [4.69, 9.17) is 11.6 Å². The van der Waals surface area contributed by atoms with Gasteiger partial charge in [0.15, 0.2) is 11.0 Å². The zero-order valence-electron chi connectivity index (χ0n) is 9.45. The first-order chi connectivity index (χ1) is 8.58. The van der Waals surface area contributed by atoms with Crippen LogP contribution in [0.5, 0.6) is 0 Å². The molecule has 0 spiro atoms. The average Bonchev–Trinajstić information content (AvgIpc) is 2.35. The van der Waals surface area contributed by atoms with Crippen molar-refractivity contribution in [3.8, 4) is 0 Å². The Morgan fingerprint density at radius 1 is 1.33 bits per heavy atom. The minimum Gasteiger partial charge on any atom is -0.304 e. The SMILES string of the molecule is Cc1ccc(C(=O)Nc2nccnc2Cl)cc1Br. The van der Waals surface area contributed by atoms with E-state index >= 15 is 0 Å². The summed E-state index contributed by atoms with van der Waals surface area (Å²) in [5.74, 6) is -0.0287. The molecule has 0 saturated carbocycles. The van der Waals surface area contributed by atoms with Crippen LogP contribution in [0.2, 0.25) is 5.15 Å². The van der Waals surface area contributed by atoms with E-state index in [-0.39, 0.29) is 16.9 Å². The van der Waals surface area contributed by atoms with Crippen LogP contribution < -0.4 is 5.32 Å². The maximum absolute atomic E-state index is 12.0. The van der Waals surface area contributed by atoms with Crippen molar-refractivity contribution in [1.82, 2.24) is 9.97 Å². The number of carbonyl (C=O) groups is 1. The first-order valence-corrected chi connectivity index (χ1v) is 6.29. The van der Waals surface area contributed by atoms with Crippen molar-refractivity contribution in [2.45, 2.75) is 6.92 Å². The molecular formula is C12H9BrClN3O. The summed E-state index contributed by atoms with van der Waals surface area (Å²) in [7, 11) is 0. The molecule has 4 nitrogen and oxygen atoms in total. The second-order valence-electron chi connectivity index (χ2n) is 3.61. The number of rotatable bonds is 2. The third-order valence-electron chi connectivity index (χ3n) is 2.32. The summed E-state index contributed by atoms with van der Waals surface area (Å²) in [5, 5.41) is 2.77. The highest BCUT2D eigenvalue weighted by molar-refractivity contribution is 9.10. The molecule has 1 aromatic heterocycles. The lowest BCUT2D eigenvalue weighted by atomic mass is 10.1. The van der Waals surface area contributed by atoms with Crippen molar-refractivity contribution in [2.24, 2.45) is 0 Å². The van der Waals surface area contributed by atoms with Gasteiger partial charge in [-0.25, -0.2) is 9.97 Å². The van der Waals surface area contributed by atoms with E-state index in [1.54, 1.807) is 12.1 Å². The van der Waals surface area contributed by atoms with Crippen LogP contribution in [0, 0.1) is 6.92 Å². The number of hydrogen-bond donors (Lipinski definition) is 1. The van der Waals surface area contributed by atoms with Crippen LogP contribution in [-0.2, 0) is 0 Å². The van der Waals surface area contributed by atoms with Crippen LogP contribution in [-0.4, -0.2) is 15.9 Å². The molecule has 0 aliphatic heterocycles. The Bertz CT molecular complexity index is 604. The Balaban J connectivity index is 2.22. The van der Waals surface area contributed by atoms with E-state index in [0.29, 0.717) is 5.56 Å². The molecule has 1 N–H and O–H groups in total. The molecule has 0 bridgehead atoms. The fraction of sp³-hybridized carbons (Fsp3) is 0.0833. The van der Waals surface area contributed by atoms with Crippen molar-refractivity contribution < 1.29 is 4.79 Å². The molecule has 2 rings (SSSR count). The highest BCUT2D eigenvalue weighted by atomic mass is 79.9. The van der Waals surface area contributed by atoms with E-state index in [2.05, 4.69) is 31.2 Å². The van der Waals surface area contributed by atoms with Crippen LogP contribution in [0.15, 0.2) is 35.1 Å². The van der Waals surface area contributed by atoms with Crippen LogP contribution >= 0.6 is 27.5 Å². The molecule has 0 fully saturated rings. The molecule has 92 valence electrons. The molecule has 1 heterocycles. The Morgan fingerprint density at radius 3 is 2.72 bits per heavy atom. The predicted molar refractivity (Wildman–Crippen MR) is 73.9 cm³/mol. The van der Waals surface area contributed by atoms with E-state index in [1.165, 1.54) is 12.4 Å². The summed E-state index contributed by atoms with van der Waals surface area (Å²) < 4.78 is 0.875. The summed E-state index contributed by atoms with van der Waals surface area (Å²) in [4.78, 5) is 19.8. The first-order valence-electron chi connectivity index (χ1n) is 5.12. The number of hydrogen-bond acceptors (Lipinski definition) is 3. The number of halogens is 2. The highest BCUT2D eigenvalue weighted by Crippen LogP contribution is 2.19. The van der Waals surface area contributed by atoms with Gasteiger partial charge in [-0.1, -0.05) is 33.6 Å². The molecule has 2 aromatic rings. The molecule has 1 aromatic carbocycles. The quantitative estimate of drug-likeness (QED) is 0.919. The molecule has 1 amide bonds. The highest BCUT2D eigenvalue weighted by Gasteiger charge is 2.10. The van der Waals surface area contributed by atoms with E-state index < -0.39 is 0 Å². The summed E-state index contributed by atoms with van der Waals surface area (Å²) in [6.07, 6.45) is 2.92. The van der Waals surface area contributed by atoms with Crippen molar-refractivity contribution in [1.29, 1.82) is 0 Å². The van der Waals surface area contributed by atoms with Crippen molar-refractivity contribution >= 4 is 39.3 Å². The van der Waals surface area contributed by atoms with Gasteiger partial charge in [0.25, 0.3) is 5.91 Å². The van der Waals surface area contributed by atoms with Crippen molar-refractivity contribution in [3.05, 3.63) is 51.3 Å². The lowest BCUT2D eigenvalue weighted by Gasteiger charge is -2.06. The zero-order valence-corrected chi connectivity index (χ0v) is 11.8. The Hall–Kier alpha value is -1.46. The Morgan fingerprint density at radius 2 is 2.06 bits per heavy atom. The topological polar surface area (TPSA) is 54.9 Å². The molecule has 18 heavy (non-hydrogen) atoms. The summed E-state index contributed by atoms with van der Waals surface area (Å²) >= 11 is 9.19. The van der Waals surface area contributed by atoms with Gasteiger partial charge in [-0.05, 0) is 24.6 Å². The van der Waals surface area contributed by atoms with E-state index in [1.807, 2.05) is 13.0 Å². The molecule has 6 heteroatoms. The van der Waals surface area contributed by atoms with Crippen LogP contribution in [0.3, 0.4) is 0 Å². The largest absolute Gasteiger partial charge is 0.304 e. The number of nitrogens with zero attached hydrogens (tertiary/aromatic N) is 2. The lowest BCUT2D eigenvalue weighted by Crippen LogP contribution is -2.13. The van der Waals surface area contributed by atoms with Gasteiger partial charge in [0.2, 0.25) is 0 Å². The summed E-state index contributed by atoms with van der Waals surface area (Å²) in [6, 6.07) is 5.34. The van der Waals surface area contributed by atoms with Gasteiger partial charge in [0, 0.05) is 22.4 Å².